The molecule has 1 aromatic heterocycles. The van der Waals surface area contributed by atoms with Crippen molar-refractivity contribution in [1.82, 2.24) is 15.2 Å². The average molecular weight is 317 g/mol. The van der Waals surface area contributed by atoms with E-state index in [9.17, 15) is 14.0 Å². The van der Waals surface area contributed by atoms with E-state index in [1.807, 2.05) is 6.20 Å². The lowest BCUT2D eigenvalue weighted by molar-refractivity contribution is -0.136. The van der Waals surface area contributed by atoms with Crippen molar-refractivity contribution in [3.8, 4) is 0 Å². The fourth-order valence-corrected chi connectivity index (χ4v) is 3.22. The fourth-order valence-electron chi connectivity index (χ4n) is 3.22. The van der Waals surface area contributed by atoms with Gasteiger partial charge in [-0.05, 0) is 43.0 Å². The number of likely N-dealkylation sites (tertiary alicyclic amines) is 1. The zero-order valence-corrected chi connectivity index (χ0v) is 13.1. The first-order valence-corrected chi connectivity index (χ1v) is 7.86. The van der Waals surface area contributed by atoms with Gasteiger partial charge in [-0.15, -0.1) is 0 Å². The summed E-state index contributed by atoms with van der Waals surface area (Å²) in [6, 6.07) is 4.29. The number of rotatable bonds is 4. The fraction of sp³-hybridized carbons (Fsp3) is 0.412. The van der Waals surface area contributed by atoms with Crippen LogP contribution in [0.3, 0.4) is 0 Å². The molecule has 2 heterocycles. The quantitative estimate of drug-likeness (QED) is 0.905. The monoisotopic (exact) mass is 317 g/mol. The van der Waals surface area contributed by atoms with E-state index in [-0.39, 0.29) is 23.7 Å². The number of aromatic amines is 1. The Labute approximate surface area is 133 Å². The molecule has 0 unspecified atom stereocenters. The Kier molecular flexibility index (Phi) is 4.32. The molecule has 23 heavy (non-hydrogen) atoms. The highest BCUT2D eigenvalue weighted by molar-refractivity contribution is 5.87. The molecule has 1 aliphatic rings. The average Bonchev–Trinajstić information content (AvgIpc) is 3.14. The molecule has 2 N–H and O–H groups in total. The third-order valence-electron chi connectivity index (χ3n) is 4.38. The van der Waals surface area contributed by atoms with Gasteiger partial charge in [0.1, 0.15) is 11.9 Å². The third-order valence-corrected chi connectivity index (χ3v) is 4.38. The summed E-state index contributed by atoms with van der Waals surface area (Å²) < 4.78 is 13.2. The van der Waals surface area contributed by atoms with Crippen molar-refractivity contribution >= 4 is 22.7 Å². The normalized spacial score (nSPS) is 17.7. The highest BCUT2D eigenvalue weighted by Crippen LogP contribution is 2.20. The van der Waals surface area contributed by atoms with Gasteiger partial charge in [0, 0.05) is 37.1 Å². The highest BCUT2D eigenvalue weighted by Gasteiger charge is 2.31. The molecule has 2 aromatic rings. The molecule has 122 valence electrons. The van der Waals surface area contributed by atoms with Gasteiger partial charge in [0.15, 0.2) is 0 Å². The second-order valence-corrected chi connectivity index (χ2v) is 5.92. The van der Waals surface area contributed by atoms with Crippen molar-refractivity contribution in [1.29, 1.82) is 0 Å². The van der Waals surface area contributed by atoms with Crippen molar-refractivity contribution in [2.75, 3.05) is 13.1 Å². The Morgan fingerprint density at radius 1 is 1.43 bits per heavy atom. The number of fused-ring (bicyclic) bond motifs is 1. The minimum absolute atomic E-state index is 0.0543. The van der Waals surface area contributed by atoms with Crippen molar-refractivity contribution in [2.45, 2.75) is 32.2 Å². The second-order valence-electron chi connectivity index (χ2n) is 5.92. The number of nitrogens with zero attached hydrogens (tertiary/aromatic N) is 1. The van der Waals surface area contributed by atoms with E-state index >= 15 is 0 Å². The summed E-state index contributed by atoms with van der Waals surface area (Å²) in [4.78, 5) is 28.4. The Balaban J connectivity index is 1.58. The lowest BCUT2D eigenvalue weighted by atomic mass is 10.1. The van der Waals surface area contributed by atoms with Crippen LogP contribution in [0, 0.1) is 5.82 Å². The van der Waals surface area contributed by atoms with Crippen LogP contribution in [0.5, 0.6) is 0 Å². The maximum atomic E-state index is 13.2. The van der Waals surface area contributed by atoms with Crippen LogP contribution in [0.2, 0.25) is 0 Å². The van der Waals surface area contributed by atoms with Crippen LogP contribution in [0.1, 0.15) is 25.3 Å². The smallest absolute Gasteiger partial charge is 0.242 e. The van der Waals surface area contributed by atoms with Crippen molar-refractivity contribution in [3.05, 3.63) is 35.8 Å². The first kappa shape index (κ1) is 15.5. The topological polar surface area (TPSA) is 65.2 Å². The van der Waals surface area contributed by atoms with E-state index in [2.05, 4.69) is 10.3 Å². The molecule has 3 rings (SSSR count). The second kappa shape index (κ2) is 6.40. The first-order valence-electron chi connectivity index (χ1n) is 7.86. The number of amides is 2. The Bertz CT molecular complexity index is 741. The van der Waals surface area contributed by atoms with Gasteiger partial charge < -0.3 is 15.2 Å². The lowest BCUT2D eigenvalue weighted by Gasteiger charge is -2.22. The number of hydrogen-bond donors (Lipinski definition) is 2. The van der Waals surface area contributed by atoms with Crippen LogP contribution in [-0.2, 0) is 16.0 Å². The van der Waals surface area contributed by atoms with Gasteiger partial charge in [-0.3, -0.25) is 9.59 Å². The number of carbonyl (C=O) groups is 2. The standard InChI is InChI=1S/C17H20FN3O2/c1-11(22)21-8-2-3-16(21)17(23)19-7-6-12-10-20-15-9-13(18)4-5-14(12)15/h4-5,9-10,16,20H,2-3,6-8H2,1H3,(H,19,23)/t16-/m1/s1. The maximum Gasteiger partial charge on any atom is 0.242 e. The number of H-pyrrole nitrogens is 1. The summed E-state index contributed by atoms with van der Waals surface area (Å²) in [5.74, 6) is -0.422. The first-order chi connectivity index (χ1) is 11.1. The minimum atomic E-state index is -0.343. The summed E-state index contributed by atoms with van der Waals surface area (Å²) in [7, 11) is 0. The van der Waals surface area contributed by atoms with E-state index in [1.54, 1.807) is 11.0 Å². The van der Waals surface area contributed by atoms with E-state index in [0.717, 1.165) is 29.3 Å². The zero-order valence-electron chi connectivity index (χ0n) is 13.1. The van der Waals surface area contributed by atoms with Gasteiger partial charge >= 0.3 is 0 Å². The molecule has 5 nitrogen and oxygen atoms in total. The maximum absolute atomic E-state index is 13.2. The van der Waals surface area contributed by atoms with Crippen molar-refractivity contribution in [3.63, 3.8) is 0 Å². The number of aromatic nitrogens is 1. The van der Waals surface area contributed by atoms with Gasteiger partial charge in [-0.25, -0.2) is 4.39 Å². The summed E-state index contributed by atoms with van der Waals surface area (Å²) in [5, 5.41) is 3.87. The lowest BCUT2D eigenvalue weighted by Crippen LogP contribution is -2.45. The molecule has 1 atom stereocenters. The SMILES string of the molecule is CC(=O)N1CCC[C@@H]1C(=O)NCCc1c[nH]c2cc(F)ccc12. The summed E-state index contributed by atoms with van der Waals surface area (Å²) in [5.41, 5.74) is 1.79. The predicted molar refractivity (Wildman–Crippen MR) is 85.4 cm³/mol. The Morgan fingerprint density at radius 3 is 3.04 bits per heavy atom. The minimum Gasteiger partial charge on any atom is -0.361 e. The molecule has 6 heteroatoms. The number of nitrogens with one attached hydrogen (secondary N) is 2. The van der Waals surface area contributed by atoms with E-state index in [1.165, 1.54) is 19.1 Å². The number of carbonyl (C=O) groups excluding carboxylic acids is 2. The van der Waals surface area contributed by atoms with Crippen LogP contribution in [-0.4, -0.2) is 40.8 Å². The zero-order chi connectivity index (χ0) is 16.4. The van der Waals surface area contributed by atoms with E-state index in [4.69, 9.17) is 0 Å². The van der Waals surface area contributed by atoms with Crippen LogP contribution >= 0.6 is 0 Å². The molecule has 0 spiro atoms. The van der Waals surface area contributed by atoms with Crippen molar-refractivity contribution in [2.24, 2.45) is 0 Å². The summed E-state index contributed by atoms with van der Waals surface area (Å²) in [6.07, 6.45) is 4.08. The van der Waals surface area contributed by atoms with Gasteiger partial charge in [-0.1, -0.05) is 0 Å². The molecule has 0 bridgehead atoms. The molecule has 0 saturated carbocycles. The van der Waals surface area contributed by atoms with Crippen LogP contribution in [0.15, 0.2) is 24.4 Å². The van der Waals surface area contributed by atoms with Gasteiger partial charge in [0.2, 0.25) is 11.8 Å². The molecule has 1 aromatic carbocycles. The van der Waals surface area contributed by atoms with Gasteiger partial charge in [-0.2, -0.15) is 0 Å². The summed E-state index contributed by atoms with van der Waals surface area (Å²) in [6.45, 7) is 2.64. The molecular weight excluding hydrogens is 297 g/mol. The molecule has 0 aliphatic carbocycles. The van der Waals surface area contributed by atoms with Crippen molar-refractivity contribution < 1.29 is 14.0 Å². The van der Waals surface area contributed by atoms with Crippen LogP contribution in [0.4, 0.5) is 4.39 Å². The highest BCUT2D eigenvalue weighted by atomic mass is 19.1. The third kappa shape index (κ3) is 3.21. The number of benzene rings is 1. The Morgan fingerprint density at radius 2 is 2.26 bits per heavy atom. The van der Waals surface area contributed by atoms with Gasteiger partial charge in [0.05, 0.1) is 0 Å². The number of halogens is 1. The van der Waals surface area contributed by atoms with Crippen LogP contribution < -0.4 is 5.32 Å². The molecule has 1 fully saturated rings. The molecular formula is C17H20FN3O2. The number of hydrogen-bond acceptors (Lipinski definition) is 2. The predicted octanol–water partition coefficient (Wildman–Crippen LogP) is 1.98. The molecule has 2 amide bonds. The molecule has 1 saturated heterocycles. The summed E-state index contributed by atoms with van der Waals surface area (Å²) >= 11 is 0. The molecule has 0 radical (unpaired) electrons. The molecule has 1 aliphatic heterocycles. The van der Waals surface area contributed by atoms with Gasteiger partial charge in [0.25, 0.3) is 0 Å². The van der Waals surface area contributed by atoms with Crippen LogP contribution in [0.25, 0.3) is 10.9 Å². The largest absolute Gasteiger partial charge is 0.361 e. The Hall–Kier alpha value is -2.37. The van der Waals surface area contributed by atoms with E-state index < -0.39 is 0 Å². The van der Waals surface area contributed by atoms with E-state index in [0.29, 0.717) is 19.5 Å².